The number of piperidine rings is 1. The molecule has 1 saturated heterocycles. The second-order valence-corrected chi connectivity index (χ2v) is 6.13. The van der Waals surface area contributed by atoms with Gasteiger partial charge in [-0.1, -0.05) is 35.5 Å². The molecule has 0 radical (unpaired) electrons. The van der Waals surface area contributed by atoms with Crippen LogP contribution in [0.1, 0.15) is 18.6 Å². The van der Waals surface area contributed by atoms with Gasteiger partial charge in [-0.05, 0) is 31.8 Å². The summed E-state index contributed by atoms with van der Waals surface area (Å²) in [5.41, 5.74) is 1.87. The van der Waals surface area contributed by atoms with Gasteiger partial charge < -0.3 is 14.4 Å². The maximum absolute atomic E-state index is 11.4. The number of esters is 1. The van der Waals surface area contributed by atoms with Crippen molar-refractivity contribution in [3.8, 4) is 11.3 Å². The Morgan fingerprint density at radius 1 is 1.38 bits per heavy atom. The lowest BCUT2D eigenvalue weighted by molar-refractivity contribution is -0.154. The van der Waals surface area contributed by atoms with Gasteiger partial charge in [0.15, 0.2) is 11.9 Å². The molecule has 0 saturated carbocycles. The lowest BCUT2D eigenvalue weighted by Crippen LogP contribution is -2.40. The van der Waals surface area contributed by atoms with Crippen LogP contribution in [0.25, 0.3) is 11.3 Å². The fraction of sp³-hybridized carbons (Fsp3) is 0.444. The number of rotatable bonds is 5. The highest BCUT2D eigenvalue weighted by atomic mass is 16.5. The van der Waals surface area contributed by atoms with E-state index in [4.69, 9.17) is 4.52 Å². The summed E-state index contributed by atoms with van der Waals surface area (Å²) < 4.78 is 10.0. The van der Waals surface area contributed by atoms with E-state index < -0.39 is 12.1 Å². The van der Waals surface area contributed by atoms with Gasteiger partial charge in [-0.15, -0.1) is 0 Å². The van der Waals surface area contributed by atoms with Gasteiger partial charge in [0.1, 0.15) is 5.69 Å². The summed E-state index contributed by atoms with van der Waals surface area (Å²) in [5.74, 6) is 0.236. The maximum Gasteiger partial charge on any atom is 0.334 e. The number of nitrogens with zero attached hydrogens (tertiary/aromatic N) is 2. The summed E-state index contributed by atoms with van der Waals surface area (Å²) >= 11 is 0. The molecule has 128 valence electrons. The Morgan fingerprint density at radius 2 is 2.08 bits per heavy atom. The fourth-order valence-electron chi connectivity index (χ4n) is 3.09. The van der Waals surface area contributed by atoms with Crippen LogP contribution in [0.15, 0.2) is 40.9 Å². The van der Waals surface area contributed by atoms with Crippen LogP contribution in [0.5, 0.6) is 0 Å². The summed E-state index contributed by atoms with van der Waals surface area (Å²) in [6.07, 6.45) is 0.499. The Hall–Kier alpha value is -2.18. The molecular weight excluding hydrogens is 308 g/mol. The van der Waals surface area contributed by atoms with Crippen LogP contribution in [0.2, 0.25) is 0 Å². The van der Waals surface area contributed by atoms with E-state index in [9.17, 15) is 9.90 Å². The first-order valence-corrected chi connectivity index (χ1v) is 8.16. The molecule has 2 heterocycles. The van der Waals surface area contributed by atoms with E-state index in [1.807, 2.05) is 36.4 Å². The maximum atomic E-state index is 11.4. The van der Waals surface area contributed by atoms with Gasteiger partial charge in [-0.3, -0.25) is 4.90 Å². The first-order valence-electron chi connectivity index (χ1n) is 8.16. The van der Waals surface area contributed by atoms with Crippen LogP contribution in [0.3, 0.4) is 0 Å². The molecule has 2 aromatic rings. The minimum atomic E-state index is -1.02. The van der Waals surface area contributed by atoms with Crippen molar-refractivity contribution < 1.29 is 19.2 Å². The lowest BCUT2D eigenvalue weighted by Gasteiger charge is -2.32. The molecular formula is C18H22N2O4. The predicted molar refractivity (Wildman–Crippen MR) is 88.0 cm³/mol. The third-order valence-corrected chi connectivity index (χ3v) is 4.53. The molecule has 1 aliphatic heterocycles. The molecule has 6 nitrogen and oxygen atoms in total. The topological polar surface area (TPSA) is 75.8 Å². The molecule has 1 unspecified atom stereocenters. The largest absolute Gasteiger partial charge is 0.467 e. The van der Waals surface area contributed by atoms with Crippen molar-refractivity contribution in [1.29, 1.82) is 0 Å². The van der Waals surface area contributed by atoms with Crippen molar-refractivity contribution in [2.75, 3.05) is 20.2 Å². The third-order valence-electron chi connectivity index (χ3n) is 4.53. The Morgan fingerprint density at radius 3 is 2.75 bits per heavy atom. The molecule has 1 N–H and O–H groups in total. The third kappa shape index (κ3) is 3.83. The predicted octanol–water partition coefficient (Wildman–Crippen LogP) is 2.09. The van der Waals surface area contributed by atoms with Crippen molar-refractivity contribution >= 4 is 5.97 Å². The number of aromatic nitrogens is 1. The van der Waals surface area contributed by atoms with Crippen molar-refractivity contribution in [2.24, 2.45) is 5.92 Å². The zero-order valence-corrected chi connectivity index (χ0v) is 13.7. The molecule has 1 atom stereocenters. The summed E-state index contributed by atoms with van der Waals surface area (Å²) in [5, 5.41) is 14.1. The average molecular weight is 330 g/mol. The van der Waals surface area contributed by atoms with E-state index in [-0.39, 0.29) is 5.92 Å². The Bertz CT molecular complexity index is 663. The number of carbonyl (C=O) groups is 1. The number of likely N-dealkylation sites (tertiary alicyclic amines) is 1. The van der Waals surface area contributed by atoms with E-state index in [0.717, 1.165) is 42.9 Å². The number of aliphatic hydroxyl groups excluding tert-OH is 1. The fourth-order valence-corrected chi connectivity index (χ4v) is 3.09. The van der Waals surface area contributed by atoms with Gasteiger partial charge in [0.05, 0.1) is 13.7 Å². The summed E-state index contributed by atoms with van der Waals surface area (Å²) in [6.45, 7) is 2.29. The van der Waals surface area contributed by atoms with Gasteiger partial charge >= 0.3 is 5.97 Å². The smallest absolute Gasteiger partial charge is 0.334 e. The number of hydrogen-bond donors (Lipinski definition) is 1. The highest BCUT2D eigenvalue weighted by Crippen LogP contribution is 2.24. The Balaban J connectivity index is 1.54. The SMILES string of the molecule is COC(=O)C(O)C1CCN(Cc2cc(-c3ccccc3)no2)CC1. The van der Waals surface area contributed by atoms with Crippen LogP contribution in [-0.2, 0) is 16.1 Å². The standard InChI is InChI=1S/C18H22N2O4/c1-23-18(22)17(21)14-7-9-20(10-8-14)12-15-11-16(19-24-15)13-5-3-2-4-6-13/h2-6,11,14,17,21H,7-10,12H2,1H3. The van der Waals surface area contributed by atoms with Crippen molar-refractivity contribution in [3.05, 3.63) is 42.2 Å². The van der Waals surface area contributed by atoms with Crippen LogP contribution in [0.4, 0.5) is 0 Å². The molecule has 1 fully saturated rings. The Labute approximate surface area is 141 Å². The normalized spacial score (nSPS) is 17.6. The molecule has 6 heteroatoms. The van der Waals surface area contributed by atoms with Gasteiger partial charge in [-0.25, -0.2) is 4.79 Å². The zero-order valence-electron chi connectivity index (χ0n) is 13.7. The summed E-state index contributed by atoms with van der Waals surface area (Å²) in [4.78, 5) is 13.7. The van der Waals surface area contributed by atoms with Gasteiger partial charge in [-0.2, -0.15) is 0 Å². The molecule has 0 spiro atoms. The van der Waals surface area contributed by atoms with Crippen LogP contribution < -0.4 is 0 Å². The van der Waals surface area contributed by atoms with E-state index >= 15 is 0 Å². The molecule has 1 aliphatic rings. The van der Waals surface area contributed by atoms with Crippen LogP contribution >= 0.6 is 0 Å². The van der Waals surface area contributed by atoms with E-state index in [2.05, 4.69) is 14.8 Å². The van der Waals surface area contributed by atoms with Gasteiger partial charge in [0.2, 0.25) is 0 Å². The number of methoxy groups -OCH3 is 1. The minimum absolute atomic E-state index is 0.0386. The average Bonchev–Trinajstić information content (AvgIpc) is 3.10. The molecule has 0 amide bonds. The van der Waals surface area contributed by atoms with Crippen molar-refractivity contribution in [3.63, 3.8) is 0 Å². The number of hydrogen-bond acceptors (Lipinski definition) is 6. The molecule has 1 aromatic carbocycles. The molecule has 0 aliphatic carbocycles. The number of benzene rings is 1. The first kappa shape index (κ1) is 16.7. The highest BCUT2D eigenvalue weighted by molar-refractivity contribution is 5.74. The lowest BCUT2D eigenvalue weighted by atomic mass is 9.91. The molecule has 1 aromatic heterocycles. The zero-order chi connectivity index (χ0) is 16.9. The quantitative estimate of drug-likeness (QED) is 0.846. The van der Waals surface area contributed by atoms with Crippen molar-refractivity contribution in [2.45, 2.75) is 25.5 Å². The monoisotopic (exact) mass is 330 g/mol. The van der Waals surface area contributed by atoms with E-state index in [1.54, 1.807) is 0 Å². The second-order valence-electron chi connectivity index (χ2n) is 6.13. The first-order chi connectivity index (χ1) is 11.7. The number of carbonyl (C=O) groups excluding carboxylic acids is 1. The van der Waals surface area contributed by atoms with E-state index in [0.29, 0.717) is 6.54 Å². The second kappa shape index (κ2) is 7.59. The molecule has 0 bridgehead atoms. The van der Waals surface area contributed by atoms with Crippen LogP contribution in [0, 0.1) is 5.92 Å². The summed E-state index contributed by atoms with van der Waals surface area (Å²) in [7, 11) is 1.30. The van der Waals surface area contributed by atoms with Crippen LogP contribution in [-0.4, -0.2) is 47.4 Å². The number of aliphatic hydroxyl groups is 1. The summed E-state index contributed by atoms with van der Waals surface area (Å²) in [6, 6.07) is 11.9. The minimum Gasteiger partial charge on any atom is -0.467 e. The molecule has 24 heavy (non-hydrogen) atoms. The van der Waals surface area contributed by atoms with Crippen molar-refractivity contribution in [1.82, 2.24) is 10.1 Å². The Kier molecular flexibility index (Phi) is 5.27. The highest BCUT2D eigenvalue weighted by Gasteiger charge is 2.30. The molecule has 3 rings (SSSR count). The van der Waals surface area contributed by atoms with E-state index in [1.165, 1.54) is 7.11 Å². The van der Waals surface area contributed by atoms with Gasteiger partial charge in [0.25, 0.3) is 0 Å². The van der Waals surface area contributed by atoms with Gasteiger partial charge in [0, 0.05) is 11.6 Å². The number of ether oxygens (including phenoxy) is 1.